The summed E-state index contributed by atoms with van der Waals surface area (Å²) in [6.45, 7) is 0. The first-order chi connectivity index (χ1) is 14.7. The lowest BCUT2D eigenvalue weighted by atomic mass is 10.1. The summed E-state index contributed by atoms with van der Waals surface area (Å²) >= 11 is 0. The number of benzene rings is 2. The predicted octanol–water partition coefficient (Wildman–Crippen LogP) is 2.04. The summed E-state index contributed by atoms with van der Waals surface area (Å²) < 4.78 is 6.58. The van der Waals surface area contributed by atoms with E-state index in [1.54, 1.807) is 0 Å². The summed E-state index contributed by atoms with van der Waals surface area (Å²) in [5, 5.41) is 2.82. The van der Waals surface area contributed by atoms with E-state index in [0.717, 1.165) is 44.3 Å². The molecule has 1 heterocycles. The quantitative estimate of drug-likeness (QED) is 0.633. The van der Waals surface area contributed by atoms with E-state index in [1.165, 1.54) is 0 Å². The second-order valence-corrected chi connectivity index (χ2v) is 8.32. The third kappa shape index (κ3) is 4.53. The Morgan fingerprint density at radius 1 is 0.645 bits per heavy atom. The molecule has 0 N–H and O–H groups in total. The molecule has 0 unspecified atom stereocenters. The molecule has 0 aliphatic heterocycles. The van der Waals surface area contributed by atoms with E-state index in [0.29, 0.717) is 0 Å². The van der Waals surface area contributed by atoms with Gasteiger partial charge in [0, 0.05) is 61.8 Å². The Balaban J connectivity index is 2.80. The van der Waals surface area contributed by atoms with Crippen molar-refractivity contribution in [3.8, 4) is 0 Å². The number of fused-ring (bicyclic) bond motifs is 1. The van der Waals surface area contributed by atoms with Gasteiger partial charge in [-0.25, -0.2) is 4.99 Å². The molecule has 31 heavy (non-hydrogen) atoms. The minimum absolute atomic E-state index is 0.779. The highest BCUT2D eigenvalue weighted by Crippen LogP contribution is 2.12. The van der Waals surface area contributed by atoms with Gasteiger partial charge in [0.1, 0.15) is 17.2 Å². The second-order valence-electron chi connectivity index (χ2n) is 8.32. The van der Waals surface area contributed by atoms with Crippen LogP contribution in [0.5, 0.6) is 0 Å². The zero-order valence-electron chi connectivity index (χ0n) is 19.8. The number of rotatable bonds is 5. The predicted molar refractivity (Wildman–Crippen MR) is 129 cm³/mol. The van der Waals surface area contributed by atoms with Crippen LogP contribution >= 0.6 is 0 Å². The Kier molecular flexibility index (Phi) is 6.59. The minimum atomic E-state index is 0.779. The van der Waals surface area contributed by atoms with E-state index in [9.17, 15) is 0 Å². The molecule has 0 aliphatic carbocycles. The van der Waals surface area contributed by atoms with Crippen LogP contribution in [-0.4, -0.2) is 76.0 Å². The van der Waals surface area contributed by atoms with Gasteiger partial charge in [0.2, 0.25) is 0 Å². The molecule has 0 saturated heterocycles. The maximum Gasteiger partial charge on any atom is 0.180 e. The Hall–Kier alpha value is -3.41. The van der Waals surface area contributed by atoms with Crippen LogP contribution in [0.4, 0.5) is 5.69 Å². The largest absolute Gasteiger partial charge is 0.452 e. The van der Waals surface area contributed by atoms with Gasteiger partial charge in [-0.1, -0.05) is 30.3 Å². The van der Waals surface area contributed by atoms with Gasteiger partial charge in [-0.15, -0.1) is 0 Å². The monoisotopic (exact) mass is 419 g/mol. The van der Waals surface area contributed by atoms with Crippen LogP contribution in [0.2, 0.25) is 0 Å². The van der Waals surface area contributed by atoms with Crippen molar-refractivity contribution in [1.29, 1.82) is 0 Å². The molecule has 0 radical (unpaired) electrons. The van der Waals surface area contributed by atoms with Crippen LogP contribution in [0.3, 0.4) is 0 Å². The molecule has 2 aromatic carbocycles. The lowest BCUT2D eigenvalue weighted by molar-refractivity contribution is 0.397. The van der Waals surface area contributed by atoms with Crippen molar-refractivity contribution in [2.24, 2.45) is 4.99 Å². The van der Waals surface area contributed by atoms with Gasteiger partial charge in [-0.3, -0.25) is 0 Å². The van der Waals surface area contributed by atoms with Crippen LogP contribution in [0.1, 0.15) is 0 Å². The van der Waals surface area contributed by atoms with Gasteiger partial charge in [0.25, 0.3) is 0 Å². The van der Waals surface area contributed by atoms with Crippen molar-refractivity contribution in [1.82, 2.24) is 19.6 Å². The van der Waals surface area contributed by atoms with Crippen molar-refractivity contribution < 1.29 is 4.42 Å². The molecule has 3 aromatic rings. The van der Waals surface area contributed by atoms with Gasteiger partial charge < -0.3 is 24.0 Å². The zero-order chi connectivity index (χ0) is 22.7. The van der Waals surface area contributed by atoms with Crippen LogP contribution in [0.25, 0.3) is 22.6 Å². The maximum atomic E-state index is 6.58. The van der Waals surface area contributed by atoms with E-state index in [-0.39, 0.29) is 0 Å². The molecule has 0 bridgehead atoms. The smallest absolute Gasteiger partial charge is 0.180 e. The molecule has 164 valence electrons. The number of nitrogens with zero attached hydrogens (tertiary/aromatic N) is 5. The molecule has 3 rings (SSSR count). The third-order valence-electron chi connectivity index (χ3n) is 4.94. The molecule has 0 atom stereocenters. The van der Waals surface area contributed by atoms with E-state index < -0.39 is 0 Å². The van der Waals surface area contributed by atoms with Crippen LogP contribution in [-0.2, 0) is 0 Å². The van der Waals surface area contributed by atoms with Crippen molar-refractivity contribution in [2.75, 3.05) is 56.4 Å². The Bertz CT molecular complexity index is 1220. The van der Waals surface area contributed by atoms with Crippen LogP contribution < -0.4 is 16.0 Å². The van der Waals surface area contributed by atoms with Gasteiger partial charge in [0.05, 0.1) is 16.3 Å². The normalized spacial score (nSPS) is 11.4. The fraction of sp³-hybridized carbons (Fsp3) is 0.320. The van der Waals surface area contributed by atoms with Crippen molar-refractivity contribution in [3.05, 3.63) is 70.6 Å². The lowest BCUT2D eigenvalue weighted by Gasteiger charge is -2.27. The molecule has 1 aromatic heterocycles. The lowest BCUT2D eigenvalue weighted by Crippen LogP contribution is -2.50. The summed E-state index contributed by atoms with van der Waals surface area (Å²) in [5.41, 5.74) is 2.48. The molecule has 6 nitrogen and oxygen atoms in total. The molecular formula is C25H33N5O. The number of para-hydroxylation sites is 2. The third-order valence-corrected chi connectivity index (χ3v) is 4.94. The van der Waals surface area contributed by atoms with Gasteiger partial charge in [-0.05, 0) is 24.3 Å². The van der Waals surface area contributed by atoms with Gasteiger partial charge >= 0.3 is 0 Å². The molecule has 0 amide bonds. The fourth-order valence-electron chi connectivity index (χ4n) is 3.92. The first kappa shape index (κ1) is 22.3. The van der Waals surface area contributed by atoms with Gasteiger partial charge in [-0.2, -0.15) is 0 Å². The summed E-state index contributed by atoms with van der Waals surface area (Å²) in [6.07, 6.45) is 0. The first-order valence-electron chi connectivity index (χ1n) is 10.3. The zero-order valence-corrected chi connectivity index (χ0v) is 19.8. The Morgan fingerprint density at radius 2 is 1.16 bits per heavy atom. The summed E-state index contributed by atoms with van der Waals surface area (Å²) in [7, 11) is 16.3. The molecule has 0 saturated carbocycles. The topological polar surface area (TPSA) is 38.5 Å². The standard InChI is InChI=1S/C25H33N5O/c1-27(2)24(28(3)4)21-22(26-18-14-10-9-11-15-18)19-16-12-13-17-20(19)31-23(21)25(29(5)6)30(7)8/h9-17H,1-8H3. The summed E-state index contributed by atoms with van der Waals surface area (Å²) in [5.74, 6) is 1.98. The number of hydrogen-bond donors (Lipinski definition) is 0. The summed E-state index contributed by atoms with van der Waals surface area (Å²) in [4.78, 5) is 13.5. The first-order valence-corrected chi connectivity index (χ1v) is 10.3. The highest BCUT2D eigenvalue weighted by molar-refractivity contribution is 5.77. The highest BCUT2D eigenvalue weighted by atomic mass is 16.3. The molecule has 0 aliphatic rings. The molecule has 0 fully saturated rings. The average Bonchev–Trinajstić information content (AvgIpc) is 2.70. The Labute approximate surface area is 184 Å². The fourth-order valence-corrected chi connectivity index (χ4v) is 3.92. The van der Waals surface area contributed by atoms with E-state index >= 15 is 0 Å². The van der Waals surface area contributed by atoms with E-state index in [2.05, 4.69) is 25.7 Å². The number of hydrogen-bond acceptors (Lipinski definition) is 6. The van der Waals surface area contributed by atoms with Crippen molar-refractivity contribution >= 4 is 28.3 Å². The second kappa shape index (κ2) is 9.16. The Morgan fingerprint density at radius 3 is 1.71 bits per heavy atom. The van der Waals surface area contributed by atoms with Crippen molar-refractivity contribution in [2.45, 2.75) is 0 Å². The summed E-state index contributed by atoms with van der Waals surface area (Å²) in [6, 6.07) is 18.2. The molecule has 6 heteroatoms. The molecule has 0 spiro atoms. The minimum Gasteiger partial charge on any atom is -0.452 e. The van der Waals surface area contributed by atoms with Crippen LogP contribution in [0, 0.1) is 0 Å². The van der Waals surface area contributed by atoms with Crippen LogP contribution in [0.15, 0.2) is 64.0 Å². The SMILES string of the molecule is CN(C)C(=c1oc2ccccc2c(=Nc2ccccc2)c1=C(N(C)C)N(C)C)N(C)C. The van der Waals surface area contributed by atoms with Gasteiger partial charge in [0.15, 0.2) is 5.42 Å². The van der Waals surface area contributed by atoms with E-state index in [1.807, 2.05) is 105 Å². The van der Waals surface area contributed by atoms with Crippen molar-refractivity contribution in [3.63, 3.8) is 0 Å². The molecular weight excluding hydrogens is 386 g/mol. The maximum absolute atomic E-state index is 6.58. The average molecular weight is 420 g/mol. The highest BCUT2D eigenvalue weighted by Gasteiger charge is 2.16. The van der Waals surface area contributed by atoms with E-state index in [4.69, 9.17) is 9.41 Å².